The van der Waals surface area contributed by atoms with Gasteiger partial charge in [-0.1, -0.05) is 12.1 Å². The fourth-order valence-corrected chi connectivity index (χ4v) is 1.95. The van der Waals surface area contributed by atoms with Crippen molar-refractivity contribution >= 4 is 24.1 Å². The van der Waals surface area contributed by atoms with Crippen molar-refractivity contribution in [2.45, 2.75) is 13.0 Å². The van der Waals surface area contributed by atoms with Gasteiger partial charge in [0.2, 0.25) is 0 Å². The number of anilines is 1. The molecule has 1 fully saturated rings. The van der Waals surface area contributed by atoms with Gasteiger partial charge in [0.25, 0.3) is 0 Å². The first-order valence-corrected chi connectivity index (χ1v) is 5.54. The molecule has 1 aromatic rings. The van der Waals surface area contributed by atoms with E-state index in [2.05, 4.69) is 0 Å². The van der Waals surface area contributed by atoms with Crippen LogP contribution in [0.2, 0.25) is 0 Å². The second-order valence-corrected chi connectivity index (χ2v) is 4.08. The minimum Gasteiger partial charge on any atom is -0.327 e. The quantitative estimate of drug-likeness (QED) is 0.877. The third-order valence-corrected chi connectivity index (χ3v) is 2.89. The first kappa shape index (κ1) is 13.8. The van der Waals surface area contributed by atoms with Crippen LogP contribution in [0.4, 0.5) is 10.5 Å². The van der Waals surface area contributed by atoms with E-state index >= 15 is 0 Å². The molecule has 17 heavy (non-hydrogen) atoms. The normalized spacial score (nSPS) is 15.8. The SMILES string of the molecule is CN1CCCN(c2cccc(CN)c2)C1=O.Cl. The van der Waals surface area contributed by atoms with Crippen molar-refractivity contribution < 1.29 is 4.79 Å². The smallest absolute Gasteiger partial charge is 0.324 e. The molecular formula is C12H18ClN3O. The van der Waals surface area contributed by atoms with E-state index in [-0.39, 0.29) is 18.4 Å². The lowest BCUT2D eigenvalue weighted by Gasteiger charge is -2.33. The van der Waals surface area contributed by atoms with Gasteiger partial charge in [-0.25, -0.2) is 4.79 Å². The second kappa shape index (κ2) is 5.89. The average Bonchev–Trinajstić information content (AvgIpc) is 2.33. The first-order valence-electron chi connectivity index (χ1n) is 5.54. The van der Waals surface area contributed by atoms with Crippen LogP contribution in [0.15, 0.2) is 24.3 Å². The van der Waals surface area contributed by atoms with Gasteiger partial charge in [-0.3, -0.25) is 4.90 Å². The van der Waals surface area contributed by atoms with Crippen molar-refractivity contribution in [3.05, 3.63) is 29.8 Å². The molecule has 0 bridgehead atoms. The van der Waals surface area contributed by atoms with Crippen molar-refractivity contribution in [2.75, 3.05) is 25.0 Å². The number of halogens is 1. The summed E-state index contributed by atoms with van der Waals surface area (Å²) in [6.07, 6.45) is 1.01. The van der Waals surface area contributed by atoms with Gasteiger partial charge in [0.15, 0.2) is 0 Å². The van der Waals surface area contributed by atoms with Gasteiger partial charge in [0.1, 0.15) is 0 Å². The monoisotopic (exact) mass is 255 g/mol. The summed E-state index contributed by atoms with van der Waals surface area (Å²) in [4.78, 5) is 15.5. The highest BCUT2D eigenvalue weighted by molar-refractivity contribution is 5.92. The lowest BCUT2D eigenvalue weighted by molar-refractivity contribution is 0.207. The van der Waals surface area contributed by atoms with Gasteiger partial charge in [0.05, 0.1) is 0 Å². The molecule has 1 saturated heterocycles. The fourth-order valence-electron chi connectivity index (χ4n) is 1.95. The molecule has 0 radical (unpaired) electrons. The summed E-state index contributed by atoms with van der Waals surface area (Å²) in [5.74, 6) is 0. The minimum atomic E-state index is 0. The zero-order valence-corrected chi connectivity index (χ0v) is 10.7. The minimum absolute atomic E-state index is 0. The summed E-state index contributed by atoms with van der Waals surface area (Å²) in [7, 11) is 1.83. The van der Waals surface area contributed by atoms with E-state index in [0.717, 1.165) is 30.8 Å². The molecule has 94 valence electrons. The van der Waals surface area contributed by atoms with Gasteiger partial charge in [-0.15, -0.1) is 12.4 Å². The van der Waals surface area contributed by atoms with Crippen LogP contribution in [0.25, 0.3) is 0 Å². The second-order valence-electron chi connectivity index (χ2n) is 4.08. The van der Waals surface area contributed by atoms with Gasteiger partial charge < -0.3 is 10.6 Å². The Hall–Kier alpha value is -1.26. The number of nitrogens with zero attached hydrogens (tertiary/aromatic N) is 2. The van der Waals surface area contributed by atoms with E-state index in [0.29, 0.717) is 6.54 Å². The topological polar surface area (TPSA) is 49.6 Å². The van der Waals surface area contributed by atoms with E-state index in [9.17, 15) is 4.79 Å². The van der Waals surface area contributed by atoms with Crippen LogP contribution < -0.4 is 10.6 Å². The molecule has 0 saturated carbocycles. The van der Waals surface area contributed by atoms with Crippen molar-refractivity contribution in [2.24, 2.45) is 5.73 Å². The Bertz CT molecular complexity index is 397. The average molecular weight is 256 g/mol. The van der Waals surface area contributed by atoms with Crippen molar-refractivity contribution in [3.63, 3.8) is 0 Å². The van der Waals surface area contributed by atoms with Crippen LogP contribution in [-0.2, 0) is 6.54 Å². The fraction of sp³-hybridized carbons (Fsp3) is 0.417. The molecule has 0 spiro atoms. The summed E-state index contributed by atoms with van der Waals surface area (Å²) in [6.45, 7) is 2.13. The molecule has 4 nitrogen and oxygen atoms in total. The summed E-state index contributed by atoms with van der Waals surface area (Å²) < 4.78 is 0. The predicted molar refractivity (Wildman–Crippen MR) is 71.6 cm³/mol. The summed E-state index contributed by atoms with van der Waals surface area (Å²) in [5.41, 5.74) is 7.59. The molecule has 0 aromatic heterocycles. The largest absolute Gasteiger partial charge is 0.327 e. The third-order valence-electron chi connectivity index (χ3n) is 2.89. The van der Waals surface area contributed by atoms with Crippen LogP contribution >= 0.6 is 12.4 Å². The summed E-state index contributed by atoms with van der Waals surface area (Å²) >= 11 is 0. The molecule has 5 heteroatoms. The van der Waals surface area contributed by atoms with Gasteiger partial charge in [-0.2, -0.15) is 0 Å². The number of benzene rings is 1. The summed E-state index contributed by atoms with van der Waals surface area (Å²) in [5, 5.41) is 0. The van der Waals surface area contributed by atoms with Crippen molar-refractivity contribution in [3.8, 4) is 0 Å². The van der Waals surface area contributed by atoms with Gasteiger partial charge >= 0.3 is 6.03 Å². The highest BCUT2D eigenvalue weighted by Crippen LogP contribution is 2.20. The highest BCUT2D eigenvalue weighted by Gasteiger charge is 2.23. The molecule has 2 N–H and O–H groups in total. The Labute approximate surface area is 108 Å². The number of rotatable bonds is 2. The Balaban J connectivity index is 0.00000144. The maximum absolute atomic E-state index is 11.9. The van der Waals surface area contributed by atoms with Crippen LogP contribution in [0.3, 0.4) is 0 Å². The maximum Gasteiger partial charge on any atom is 0.324 e. The molecule has 1 aromatic carbocycles. The molecule has 2 amide bonds. The standard InChI is InChI=1S/C12H17N3O.ClH/c1-14-6-3-7-15(12(14)16)11-5-2-4-10(8-11)9-13;/h2,4-5,8H,3,6-7,9,13H2,1H3;1H. The number of hydrogen-bond donors (Lipinski definition) is 1. The first-order chi connectivity index (χ1) is 7.72. The molecule has 1 aliphatic rings. The molecule has 1 aliphatic heterocycles. The Kier molecular flexibility index (Phi) is 4.78. The van der Waals surface area contributed by atoms with E-state index in [1.807, 2.05) is 36.2 Å². The third kappa shape index (κ3) is 2.90. The molecular weight excluding hydrogens is 238 g/mol. The molecule has 0 unspecified atom stereocenters. The number of carbonyl (C=O) groups is 1. The highest BCUT2D eigenvalue weighted by atomic mass is 35.5. The van der Waals surface area contributed by atoms with Crippen molar-refractivity contribution in [1.82, 2.24) is 4.90 Å². The lowest BCUT2D eigenvalue weighted by atomic mass is 10.1. The zero-order chi connectivity index (χ0) is 11.5. The van der Waals surface area contributed by atoms with Gasteiger partial charge in [-0.05, 0) is 24.1 Å². The number of urea groups is 1. The lowest BCUT2D eigenvalue weighted by Crippen LogP contribution is -2.47. The van der Waals surface area contributed by atoms with Crippen molar-refractivity contribution in [1.29, 1.82) is 0 Å². The predicted octanol–water partition coefficient (Wildman–Crippen LogP) is 1.83. The number of nitrogens with two attached hydrogens (primary N) is 1. The zero-order valence-electron chi connectivity index (χ0n) is 9.93. The maximum atomic E-state index is 11.9. The van der Waals surface area contributed by atoms with Gasteiger partial charge in [0, 0.05) is 32.4 Å². The van der Waals surface area contributed by atoms with Crippen LogP contribution in [-0.4, -0.2) is 31.1 Å². The molecule has 1 heterocycles. The number of carbonyl (C=O) groups excluding carboxylic acids is 1. The van der Waals surface area contributed by atoms with E-state index < -0.39 is 0 Å². The van der Waals surface area contributed by atoms with E-state index in [1.54, 1.807) is 4.90 Å². The summed E-state index contributed by atoms with van der Waals surface area (Å²) in [6, 6.07) is 7.93. The Morgan fingerprint density at radius 1 is 1.35 bits per heavy atom. The van der Waals surface area contributed by atoms with Crippen LogP contribution in [0, 0.1) is 0 Å². The number of amides is 2. The molecule has 0 atom stereocenters. The molecule has 2 rings (SSSR count). The number of hydrogen-bond acceptors (Lipinski definition) is 2. The Morgan fingerprint density at radius 2 is 2.12 bits per heavy atom. The Morgan fingerprint density at radius 3 is 2.82 bits per heavy atom. The molecule has 0 aliphatic carbocycles. The van der Waals surface area contributed by atoms with Crippen LogP contribution in [0.5, 0.6) is 0 Å². The van der Waals surface area contributed by atoms with E-state index in [1.165, 1.54) is 0 Å². The van der Waals surface area contributed by atoms with E-state index in [4.69, 9.17) is 5.73 Å². The van der Waals surface area contributed by atoms with Crippen LogP contribution in [0.1, 0.15) is 12.0 Å².